The highest BCUT2D eigenvalue weighted by Crippen LogP contribution is 2.20. The Morgan fingerprint density at radius 3 is 2.67 bits per heavy atom. The summed E-state index contributed by atoms with van der Waals surface area (Å²) in [5.41, 5.74) is 10.2. The summed E-state index contributed by atoms with van der Waals surface area (Å²) in [5, 5.41) is 9.70. The molecule has 0 spiro atoms. The fourth-order valence-electron chi connectivity index (χ4n) is 2.28. The summed E-state index contributed by atoms with van der Waals surface area (Å²) >= 11 is 0. The predicted molar refractivity (Wildman–Crippen MR) is 71.3 cm³/mol. The van der Waals surface area contributed by atoms with Crippen LogP contribution in [-0.2, 0) is 11.3 Å². The second kappa shape index (κ2) is 4.57. The van der Waals surface area contributed by atoms with E-state index in [1.807, 2.05) is 48.5 Å². The molecule has 0 aliphatic carbocycles. The van der Waals surface area contributed by atoms with Gasteiger partial charge in [0.25, 0.3) is 0 Å². The Balaban J connectivity index is 1.96. The molecule has 0 radical (unpaired) electrons. The molecule has 3 N–H and O–H groups in total. The normalized spacial score (nSPS) is 15.6. The minimum absolute atomic E-state index is 0.177. The minimum atomic E-state index is -0.817. The van der Waals surface area contributed by atoms with Crippen molar-refractivity contribution < 1.29 is 9.68 Å². The maximum atomic E-state index is 9.70. The molecular formula is C14H14BNO2. The Hall–Kier alpha value is -1.62. The van der Waals surface area contributed by atoms with Gasteiger partial charge >= 0.3 is 7.12 Å². The lowest BCUT2D eigenvalue weighted by atomic mass is 9.78. The van der Waals surface area contributed by atoms with Gasteiger partial charge in [-0.2, -0.15) is 0 Å². The first-order valence-electron chi connectivity index (χ1n) is 5.98. The number of benzene rings is 2. The molecule has 0 fully saturated rings. The average Bonchev–Trinajstić information content (AvgIpc) is 2.80. The molecule has 0 bridgehead atoms. The third kappa shape index (κ3) is 1.95. The Morgan fingerprint density at radius 1 is 1.11 bits per heavy atom. The van der Waals surface area contributed by atoms with Crippen LogP contribution in [-0.4, -0.2) is 12.1 Å². The van der Waals surface area contributed by atoms with Crippen LogP contribution >= 0.6 is 0 Å². The summed E-state index contributed by atoms with van der Waals surface area (Å²) in [5.74, 6) is 0. The summed E-state index contributed by atoms with van der Waals surface area (Å²) in [6, 6.07) is 15.7. The maximum Gasteiger partial charge on any atom is 0.491 e. The molecule has 1 heterocycles. The van der Waals surface area contributed by atoms with Crippen LogP contribution in [0.4, 0.5) is 0 Å². The van der Waals surface area contributed by atoms with Crippen LogP contribution in [0.5, 0.6) is 0 Å². The molecule has 1 atom stereocenters. The molecule has 1 aliphatic heterocycles. The summed E-state index contributed by atoms with van der Waals surface area (Å²) in [6.07, 6.45) is 0. The average molecular weight is 239 g/mol. The lowest BCUT2D eigenvalue weighted by Gasteiger charge is -2.13. The topological polar surface area (TPSA) is 55.5 Å². The van der Waals surface area contributed by atoms with E-state index < -0.39 is 7.12 Å². The Bertz CT molecular complexity index is 559. The smallest absolute Gasteiger partial charge is 0.423 e. The summed E-state index contributed by atoms with van der Waals surface area (Å²) < 4.78 is 5.18. The zero-order chi connectivity index (χ0) is 12.5. The largest absolute Gasteiger partial charge is 0.491 e. The van der Waals surface area contributed by atoms with Gasteiger partial charge in [0.15, 0.2) is 0 Å². The molecule has 18 heavy (non-hydrogen) atoms. The molecule has 0 saturated carbocycles. The maximum absolute atomic E-state index is 9.70. The second-order valence-corrected chi connectivity index (χ2v) is 4.51. The summed E-state index contributed by atoms with van der Waals surface area (Å²) in [7, 11) is -0.817. The molecular weight excluding hydrogens is 225 g/mol. The predicted octanol–water partition coefficient (Wildman–Crippen LogP) is 0.952. The second-order valence-electron chi connectivity index (χ2n) is 4.51. The fraction of sp³-hybridized carbons (Fsp3) is 0.143. The number of fused-ring (bicyclic) bond motifs is 1. The van der Waals surface area contributed by atoms with Crippen molar-refractivity contribution in [2.24, 2.45) is 5.73 Å². The number of rotatable bonds is 2. The van der Waals surface area contributed by atoms with Crippen LogP contribution in [0, 0.1) is 0 Å². The quantitative estimate of drug-likeness (QED) is 0.767. The Labute approximate surface area is 106 Å². The van der Waals surface area contributed by atoms with Gasteiger partial charge in [0.2, 0.25) is 0 Å². The lowest BCUT2D eigenvalue weighted by Crippen LogP contribution is -2.29. The van der Waals surface area contributed by atoms with E-state index in [-0.39, 0.29) is 6.04 Å². The molecule has 1 aliphatic rings. The standard InChI is InChI=1S/C14H14BNO2/c16-14(10-4-2-1-3-5-10)11-6-7-12-9-18-15(17)13(12)8-11/h1-8,14,17H,9,16H2. The van der Waals surface area contributed by atoms with Crippen LogP contribution in [0.3, 0.4) is 0 Å². The lowest BCUT2D eigenvalue weighted by molar-refractivity contribution is 0.275. The highest BCUT2D eigenvalue weighted by atomic mass is 16.5. The van der Waals surface area contributed by atoms with E-state index in [4.69, 9.17) is 10.4 Å². The monoisotopic (exact) mass is 239 g/mol. The number of nitrogens with two attached hydrogens (primary N) is 1. The van der Waals surface area contributed by atoms with Crippen LogP contribution in [0.25, 0.3) is 0 Å². The highest BCUT2D eigenvalue weighted by molar-refractivity contribution is 6.61. The molecule has 3 nitrogen and oxygen atoms in total. The summed E-state index contributed by atoms with van der Waals surface area (Å²) in [4.78, 5) is 0. The third-order valence-corrected chi connectivity index (χ3v) is 3.35. The third-order valence-electron chi connectivity index (χ3n) is 3.35. The van der Waals surface area contributed by atoms with Crippen LogP contribution in [0.15, 0.2) is 48.5 Å². The van der Waals surface area contributed by atoms with Gasteiger partial charge in [0.1, 0.15) is 0 Å². The SMILES string of the molecule is NC(c1ccccc1)c1ccc2c(c1)B(O)OC2. The molecule has 4 heteroatoms. The zero-order valence-corrected chi connectivity index (χ0v) is 9.91. The van der Waals surface area contributed by atoms with E-state index in [1.54, 1.807) is 0 Å². The van der Waals surface area contributed by atoms with Gasteiger partial charge in [-0.3, -0.25) is 0 Å². The van der Waals surface area contributed by atoms with Crippen LogP contribution in [0.1, 0.15) is 22.7 Å². The number of hydrogen-bond acceptors (Lipinski definition) is 3. The first-order chi connectivity index (χ1) is 8.75. The van der Waals surface area contributed by atoms with Crippen LogP contribution < -0.4 is 11.2 Å². The molecule has 1 unspecified atom stereocenters. The Kier molecular flexibility index (Phi) is 2.92. The van der Waals surface area contributed by atoms with Crippen molar-refractivity contribution in [3.8, 4) is 0 Å². The van der Waals surface area contributed by atoms with Gasteiger partial charge in [0, 0.05) is 0 Å². The van der Waals surface area contributed by atoms with Gasteiger partial charge in [-0.05, 0) is 22.2 Å². The first-order valence-corrected chi connectivity index (χ1v) is 5.98. The van der Waals surface area contributed by atoms with Gasteiger partial charge in [-0.1, -0.05) is 48.5 Å². The molecule has 0 amide bonds. The zero-order valence-electron chi connectivity index (χ0n) is 9.91. The van der Waals surface area contributed by atoms with E-state index in [0.717, 1.165) is 22.2 Å². The van der Waals surface area contributed by atoms with Crippen molar-refractivity contribution in [2.75, 3.05) is 0 Å². The molecule has 90 valence electrons. The minimum Gasteiger partial charge on any atom is -0.423 e. The van der Waals surface area contributed by atoms with Gasteiger partial charge in [-0.15, -0.1) is 0 Å². The van der Waals surface area contributed by atoms with Crippen molar-refractivity contribution in [1.82, 2.24) is 0 Å². The fourth-order valence-corrected chi connectivity index (χ4v) is 2.28. The van der Waals surface area contributed by atoms with Crippen molar-refractivity contribution in [3.05, 3.63) is 65.2 Å². The van der Waals surface area contributed by atoms with E-state index >= 15 is 0 Å². The van der Waals surface area contributed by atoms with Crippen molar-refractivity contribution >= 4 is 12.6 Å². The van der Waals surface area contributed by atoms with E-state index in [2.05, 4.69) is 0 Å². The number of hydrogen-bond donors (Lipinski definition) is 2. The molecule has 0 aromatic heterocycles. The molecule has 3 rings (SSSR count). The van der Waals surface area contributed by atoms with Gasteiger partial charge in [-0.25, -0.2) is 0 Å². The molecule has 0 saturated heterocycles. The highest BCUT2D eigenvalue weighted by Gasteiger charge is 2.27. The molecule has 2 aromatic rings. The Morgan fingerprint density at radius 2 is 1.89 bits per heavy atom. The van der Waals surface area contributed by atoms with Gasteiger partial charge in [0.05, 0.1) is 12.6 Å². The van der Waals surface area contributed by atoms with Crippen molar-refractivity contribution in [2.45, 2.75) is 12.6 Å². The van der Waals surface area contributed by atoms with Gasteiger partial charge < -0.3 is 15.4 Å². The van der Waals surface area contributed by atoms with E-state index in [0.29, 0.717) is 6.61 Å². The van der Waals surface area contributed by atoms with E-state index in [9.17, 15) is 5.02 Å². The molecule has 2 aromatic carbocycles. The summed E-state index contributed by atoms with van der Waals surface area (Å²) in [6.45, 7) is 0.470. The van der Waals surface area contributed by atoms with E-state index in [1.165, 1.54) is 0 Å². The van der Waals surface area contributed by atoms with Crippen molar-refractivity contribution in [1.29, 1.82) is 0 Å². The van der Waals surface area contributed by atoms with Crippen molar-refractivity contribution in [3.63, 3.8) is 0 Å². The first kappa shape index (κ1) is 11.5. The van der Waals surface area contributed by atoms with Crippen LogP contribution in [0.2, 0.25) is 0 Å².